The summed E-state index contributed by atoms with van der Waals surface area (Å²) in [5, 5.41) is 4.82. The van der Waals surface area contributed by atoms with E-state index < -0.39 is 30.2 Å². The van der Waals surface area contributed by atoms with Gasteiger partial charge in [0, 0.05) is 5.56 Å². The minimum Gasteiger partial charge on any atom is -0.454 e. The zero-order chi connectivity index (χ0) is 19.1. The number of ether oxygens (including phenoxy) is 1. The van der Waals surface area contributed by atoms with E-state index >= 15 is 0 Å². The van der Waals surface area contributed by atoms with Crippen molar-refractivity contribution in [1.29, 1.82) is 0 Å². The first-order valence-corrected chi connectivity index (χ1v) is 7.98. The molecule has 8 heteroatoms. The molecule has 6 nitrogen and oxygen atoms in total. The van der Waals surface area contributed by atoms with Gasteiger partial charge >= 0.3 is 5.97 Å². The van der Waals surface area contributed by atoms with E-state index in [0.29, 0.717) is 5.56 Å². The molecule has 2 aromatic carbocycles. The van der Waals surface area contributed by atoms with Gasteiger partial charge in [0.05, 0.1) is 10.7 Å². The first kappa shape index (κ1) is 19.4. The molecule has 0 aliphatic heterocycles. The highest BCUT2D eigenvalue weighted by Gasteiger charge is 2.12. The first-order valence-electron chi connectivity index (χ1n) is 7.60. The molecule has 0 aromatic heterocycles. The number of hydrogen-bond donors (Lipinski definition) is 2. The zero-order valence-electron chi connectivity index (χ0n) is 13.8. The summed E-state index contributed by atoms with van der Waals surface area (Å²) in [6.07, 6.45) is 0. The van der Waals surface area contributed by atoms with Crippen LogP contribution in [0.2, 0.25) is 5.02 Å². The van der Waals surface area contributed by atoms with Crippen LogP contribution in [0.4, 0.5) is 10.1 Å². The van der Waals surface area contributed by atoms with Crippen molar-refractivity contribution in [3.8, 4) is 0 Å². The van der Waals surface area contributed by atoms with Gasteiger partial charge in [0.2, 0.25) is 0 Å². The van der Waals surface area contributed by atoms with Crippen molar-refractivity contribution in [2.45, 2.75) is 6.92 Å². The number of esters is 1. The van der Waals surface area contributed by atoms with Crippen LogP contribution in [0.1, 0.15) is 15.9 Å². The smallest absolute Gasteiger partial charge is 0.325 e. The van der Waals surface area contributed by atoms with Crippen LogP contribution in [0.3, 0.4) is 0 Å². The lowest BCUT2D eigenvalue weighted by atomic mass is 10.1. The van der Waals surface area contributed by atoms with E-state index in [9.17, 15) is 18.8 Å². The molecular weight excluding hydrogens is 363 g/mol. The molecule has 0 radical (unpaired) electrons. The normalized spacial score (nSPS) is 10.1. The third-order valence-electron chi connectivity index (χ3n) is 3.24. The van der Waals surface area contributed by atoms with Gasteiger partial charge in [-0.2, -0.15) is 0 Å². The molecule has 0 saturated heterocycles. The largest absolute Gasteiger partial charge is 0.454 e. The summed E-state index contributed by atoms with van der Waals surface area (Å²) in [6.45, 7) is 0.904. The van der Waals surface area contributed by atoms with Crippen LogP contribution in [0.15, 0.2) is 42.5 Å². The van der Waals surface area contributed by atoms with Crippen molar-refractivity contribution in [3.63, 3.8) is 0 Å². The molecular formula is C18H16ClFN2O4. The van der Waals surface area contributed by atoms with E-state index in [1.807, 2.05) is 13.0 Å². The van der Waals surface area contributed by atoms with Crippen LogP contribution in [-0.4, -0.2) is 30.9 Å². The molecule has 2 amide bonds. The van der Waals surface area contributed by atoms with Crippen LogP contribution in [-0.2, 0) is 14.3 Å². The maximum atomic E-state index is 12.9. The fourth-order valence-corrected chi connectivity index (χ4v) is 2.23. The number of anilines is 1. The van der Waals surface area contributed by atoms with E-state index in [1.54, 1.807) is 18.2 Å². The Bertz CT molecular complexity index is 842. The molecule has 0 aliphatic rings. The van der Waals surface area contributed by atoms with E-state index in [4.69, 9.17) is 16.3 Å². The fourth-order valence-electron chi connectivity index (χ4n) is 2.02. The molecule has 0 aliphatic carbocycles. The van der Waals surface area contributed by atoms with Gasteiger partial charge in [-0.15, -0.1) is 0 Å². The van der Waals surface area contributed by atoms with E-state index in [1.165, 1.54) is 6.07 Å². The zero-order valence-corrected chi connectivity index (χ0v) is 14.6. The van der Waals surface area contributed by atoms with Crippen molar-refractivity contribution < 1.29 is 23.5 Å². The highest BCUT2D eigenvalue weighted by atomic mass is 35.5. The topological polar surface area (TPSA) is 84.5 Å². The second kappa shape index (κ2) is 8.96. The highest BCUT2D eigenvalue weighted by Crippen LogP contribution is 2.22. The molecule has 2 N–H and O–H groups in total. The summed E-state index contributed by atoms with van der Waals surface area (Å²) in [5.41, 5.74) is 1.53. The monoisotopic (exact) mass is 378 g/mol. The maximum absolute atomic E-state index is 12.9. The number of aryl methyl sites for hydroxylation is 1. The van der Waals surface area contributed by atoms with Crippen LogP contribution in [0, 0.1) is 12.7 Å². The minimum absolute atomic E-state index is 0.0232. The Kier molecular flexibility index (Phi) is 6.68. The van der Waals surface area contributed by atoms with E-state index in [2.05, 4.69) is 10.6 Å². The Morgan fingerprint density at radius 2 is 1.92 bits per heavy atom. The van der Waals surface area contributed by atoms with Gasteiger partial charge in [-0.1, -0.05) is 29.3 Å². The van der Waals surface area contributed by atoms with Crippen LogP contribution in [0.25, 0.3) is 0 Å². The van der Waals surface area contributed by atoms with Gasteiger partial charge in [-0.3, -0.25) is 14.4 Å². The van der Waals surface area contributed by atoms with Gasteiger partial charge in [-0.25, -0.2) is 4.39 Å². The van der Waals surface area contributed by atoms with Crippen molar-refractivity contribution in [1.82, 2.24) is 5.32 Å². The molecule has 26 heavy (non-hydrogen) atoms. The molecule has 0 fully saturated rings. The number of hydrogen-bond acceptors (Lipinski definition) is 4. The molecule has 136 valence electrons. The minimum atomic E-state index is -0.772. The number of carbonyl (C=O) groups excluding carboxylic acids is 3. The molecule has 0 heterocycles. The standard InChI is InChI=1S/C18H16ClFN2O4/c1-11-3-2-4-12(7-11)18(25)21-9-17(24)26-10-16(23)22-15-6-5-13(20)8-14(15)19/h2-8H,9-10H2,1H3,(H,21,25)(H,22,23). The van der Waals surface area contributed by atoms with Gasteiger partial charge in [0.25, 0.3) is 11.8 Å². The predicted molar refractivity (Wildman–Crippen MR) is 94.5 cm³/mol. The second-order valence-corrected chi connectivity index (χ2v) is 5.79. The lowest BCUT2D eigenvalue weighted by molar-refractivity contribution is -0.146. The summed E-state index contributed by atoms with van der Waals surface area (Å²) in [5.74, 6) is -2.37. The number of rotatable bonds is 6. The molecule has 2 rings (SSSR count). The van der Waals surface area contributed by atoms with Gasteiger partial charge in [0.1, 0.15) is 12.4 Å². The highest BCUT2D eigenvalue weighted by molar-refractivity contribution is 6.33. The molecule has 0 atom stereocenters. The summed E-state index contributed by atoms with van der Waals surface area (Å²) in [4.78, 5) is 35.2. The Hall–Kier alpha value is -2.93. The average molecular weight is 379 g/mol. The first-order chi connectivity index (χ1) is 12.3. The predicted octanol–water partition coefficient (Wildman–Crippen LogP) is 2.70. The molecule has 2 aromatic rings. The van der Waals surface area contributed by atoms with Crippen molar-refractivity contribution in [3.05, 3.63) is 64.4 Å². The van der Waals surface area contributed by atoms with Crippen molar-refractivity contribution in [2.24, 2.45) is 0 Å². The van der Waals surface area contributed by atoms with E-state index in [-0.39, 0.29) is 17.3 Å². The lowest BCUT2D eigenvalue weighted by Crippen LogP contribution is -2.32. The van der Waals surface area contributed by atoms with E-state index in [0.717, 1.165) is 17.7 Å². The summed E-state index contributed by atoms with van der Waals surface area (Å²) >= 11 is 5.78. The van der Waals surface area contributed by atoms with Gasteiger partial charge < -0.3 is 15.4 Å². The summed E-state index contributed by atoms with van der Waals surface area (Å²) < 4.78 is 17.7. The number of carbonyl (C=O) groups is 3. The van der Waals surface area contributed by atoms with Gasteiger partial charge in [0.15, 0.2) is 6.61 Å². The van der Waals surface area contributed by atoms with Crippen LogP contribution in [0.5, 0.6) is 0 Å². The Balaban J connectivity index is 1.76. The van der Waals surface area contributed by atoms with Crippen LogP contribution >= 0.6 is 11.6 Å². The molecule has 0 saturated carbocycles. The number of amides is 2. The average Bonchev–Trinajstić information content (AvgIpc) is 2.60. The van der Waals surface area contributed by atoms with Crippen molar-refractivity contribution in [2.75, 3.05) is 18.5 Å². The number of benzene rings is 2. The third-order valence-corrected chi connectivity index (χ3v) is 3.56. The molecule has 0 unspecified atom stereocenters. The maximum Gasteiger partial charge on any atom is 0.325 e. The van der Waals surface area contributed by atoms with Crippen LogP contribution < -0.4 is 10.6 Å². The van der Waals surface area contributed by atoms with Crippen molar-refractivity contribution >= 4 is 35.1 Å². The SMILES string of the molecule is Cc1cccc(C(=O)NCC(=O)OCC(=O)Nc2ccc(F)cc2Cl)c1. The summed E-state index contributed by atoms with van der Waals surface area (Å²) in [6, 6.07) is 10.3. The third kappa shape index (κ3) is 5.86. The number of nitrogens with one attached hydrogen (secondary N) is 2. The molecule has 0 bridgehead atoms. The Labute approximate surface area is 154 Å². The quantitative estimate of drug-likeness (QED) is 0.757. The molecule has 0 spiro atoms. The Morgan fingerprint density at radius 1 is 1.15 bits per heavy atom. The Morgan fingerprint density at radius 3 is 2.62 bits per heavy atom. The second-order valence-electron chi connectivity index (χ2n) is 5.39. The lowest BCUT2D eigenvalue weighted by Gasteiger charge is -2.09. The number of halogens is 2. The fraction of sp³-hybridized carbons (Fsp3) is 0.167. The summed E-state index contributed by atoms with van der Waals surface area (Å²) in [7, 11) is 0. The van der Waals surface area contributed by atoms with Gasteiger partial charge in [-0.05, 0) is 37.3 Å².